The SMILES string of the molecule is CC(C)N(CCc1ccc(F)cc1)C1CNC1. The Labute approximate surface area is 103 Å². The van der Waals surface area contributed by atoms with Gasteiger partial charge in [0, 0.05) is 31.7 Å². The molecule has 0 saturated carbocycles. The first kappa shape index (κ1) is 12.5. The van der Waals surface area contributed by atoms with Gasteiger partial charge in [-0.25, -0.2) is 4.39 Å². The average molecular weight is 236 g/mol. The lowest BCUT2D eigenvalue weighted by Gasteiger charge is -2.41. The fourth-order valence-corrected chi connectivity index (χ4v) is 2.28. The summed E-state index contributed by atoms with van der Waals surface area (Å²) in [6, 6.07) is 8.09. The molecule has 2 rings (SSSR count). The largest absolute Gasteiger partial charge is 0.314 e. The van der Waals surface area contributed by atoms with E-state index in [9.17, 15) is 4.39 Å². The lowest BCUT2D eigenvalue weighted by atomic mass is 10.1. The third-order valence-electron chi connectivity index (χ3n) is 3.46. The molecule has 0 bridgehead atoms. The van der Waals surface area contributed by atoms with E-state index < -0.39 is 0 Å². The van der Waals surface area contributed by atoms with Crippen molar-refractivity contribution in [3.05, 3.63) is 35.6 Å². The highest BCUT2D eigenvalue weighted by Gasteiger charge is 2.25. The monoisotopic (exact) mass is 236 g/mol. The summed E-state index contributed by atoms with van der Waals surface area (Å²) in [6.07, 6.45) is 0.995. The first-order valence-electron chi connectivity index (χ1n) is 6.37. The average Bonchev–Trinajstić information content (AvgIpc) is 2.23. The number of nitrogens with zero attached hydrogens (tertiary/aromatic N) is 1. The summed E-state index contributed by atoms with van der Waals surface area (Å²) in [4.78, 5) is 2.53. The zero-order valence-corrected chi connectivity index (χ0v) is 10.6. The Bertz CT molecular complexity index is 344. The molecule has 0 spiro atoms. The second kappa shape index (κ2) is 5.61. The van der Waals surface area contributed by atoms with Gasteiger partial charge in [0.15, 0.2) is 0 Å². The Morgan fingerprint density at radius 1 is 1.29 bits per heavy atom. The predicted molar refractivity (Wildman–Crippen MR) is 68.6 cm³/mol. The molecule has 1 heterocycles. The van der Waals surface area contributed by atoms with Gasteiger partial charge >= 0.3 is 0 Å². The van der Waals surface area contributed by atoms with Crippen molar-refractivity contribution in [1.29, 1.82) is 0 Å². The summed E-state index contributed by atoms with van der Waals surface area (Å²) in [5, 5.41) is 3.31. The molecule has 94 valence electrons. The van der Waals surface area contributed by atoms with E-state index in [4.69, 9.17) is 0 Å². The quantitative estimate of drug-likeness (QED) is 0.841. The zero-order valence-electron chi connectivity index (χ0n) is 10.6. The van der Waals surface area contributed by atoms with Crippen molar-refractivity contribution in [3.8, 4) is 0 Å². The molecule has 3 heteroatoms. The Hall–Kier alpha value is -0.930. The van der Waals surface area contributed by atoms with E-state index in [2.05, 4.69) is 24.1 Å². The van der Waals surface area contributed by atoms with Crippen LogP contribution in [0.4, 0.5) is 4.39 Å². The van der Waals surface area contributed by atoms with Crippen LogP contribution >= 0.6 is 0 Å². The molecule has 0 aromatic heterocycles. The molecule has 1 N–H and O–H groups in total. The van der Waals surface area contributed by atoms with Crippen LogP contribution in [0.1, 0.15) is 19.4 Å². The van der Waals surface area contributed by atoms with Gasteiger partial charge in [-0.1, -0.05) is 12.1 Å². The minimum absolute atomic E-state index is 0.155. The van der Waals surface area contributed by atoms with Crippen molar-refractivity contribution < 1.29 is 4.39 Å². The Morgan fingerprint density at radius 3 is 2.41 bits per heavy atom. The van der Waals surface area contributed by atoms with E-state index in [1.54, 1.807) is 12.1 Å². The molecule has 0 unspecified atom stereocenters. The van der Waals surface area contributed by atoms with Crippen LogP contribution in [0.5, 0.6) is 0 Å². The summed E-state index contributed by atoms with van der Waals surface area (Å²) in [5.41, 5.74) is 1.21. The number of rotatable bonds is 5. The van der Waals surface area contributed by atoms with Gasteiger partial charge in [-0.2, -0.15) is 0 Å². The van der Waals surface area contributed by atoms with E-state index >= 15 is 0 Å². The van der Waals surface area contributed by atoms with Gasteiger partial charge in [0.05, 0.1) is 0 Å². The topological polar surface area (TPSA) is 15.3 Å². The summed E-state index contributed by atoms with van der Waals surface area (Å²) in [5.74, 6) is -0.155. The van der Waals surface area contributed by atoms with Crippen LogP contribution in [-0.2, 0) is 6.42 Å². The highest BCUT2D eigenvalue weighted by Crippen LogP contribution is 2.12. The fraction of sp³-hybridized carbons (Fsp3) is 0.571. The van der Waals surface area contributed by atoms with Crippen molar-refractivity contribution in [2.75, 3.05) is 19.6 Å². The normalized spacial score (nSPS) is 16.5. The smallest absolute Gasteiger partial charge is 0.123 e. The molecule has 1 aromatic rings. The molecule has 1 aliphatic rings. The molecule has 0 radical (unpaired) electrons. The van der Waals surface area contributed by atoms with Crippen molar-refractivity contribution in [3.63, 3.8) is 0 Å². The van der Waals surface area contributed by atoms with E-state index in [0.717, 1.165) is 26.1 Å². The van der Waals surface area contributed by atoms with E-state index in [0.29, 0.717) is 12.1 Å². The molecule has 2 nitrogen and oxygen atoms in total. The van der Waals surface area contributed by atoms with E-state index in [-0.39, 0.29) is 5.82 Å². The van der Waals surface area contributed by atoms with Gasteiger partial charge in [-0.3, -0.25) is 4.90 Å². The van der Waals surface area contributed by atoms with E-state index in [1.807, 2.05) is 12.1 Å². The first-order valence-corrected chi connectivity index (χ1v) is 6.37. The molecule has 1 fully saturated rings. The lowest BCUT2D eigenvalue weighted by molar-refractivity contribution is 0.112. The standard InChI is InChI=1S/C14H21FN2/c1-11(2)17(14-9-16-10-14)8-7-12-3-5-13(15)6-4-12/h3-6,11,14,16H,7-10H2,1-2H3. The van der Waals surface area contributed by atoms with Gasteiger partial charge in [0.2, 0.25) is 0 Å². The maximum absolute atomic E-state index is 12.8. The van der Waals surface area contributed by atoms with Crippen LogP contribution in [0.3, 0.4) is 0 Å². The highest BCUT2D eigenvalue weighted by molar-refractivity contribution is 5.16. The van der Waals surface area contributed by atoms with Crippen molar-refractivity contribution in [2.24, 2.45) is 0 Å². The number of hydrogen-bond donors (Lipinski definition) is 1. The Morgan fingerprint density at radius 2 is 1.94 bits per heavy atom. The van der Waals surface area contributed by atoms with Gasteiger partial charge in [0.25, 0.3) is 0 Å². The molecule has 0 atom stereocenters. The maximum atomic E-state index is 12.8. The summed E-state index contributed by atoms with van der Waals surface area (Å²) in [7, 11) is 0. The van der Waals surface area contributed by atoms with Gasteiger partial charge in [-0.05, 0) is 38.0 Å². The number of benzene rings is 1. The Balaban J connectivity index is 1.88. The summed E-state index contributed by atoms with van der Waals surface area (Å²) >= 11 is 0. The van der Waals surface area contributed by atoms with Crippen molar-refractivity contribution in [2.45, 2.75) is 32.4 Å². The third-order valence-corrected chi connectivity index (χ3v) is 3.46. The molecule has 1 saturated heterocycles. The summed E-state index contributed by atoms with van der Waals surface area (Å²) in [6.45, 7) is 7.73. The van der Waals surface area contributed by atoms with Gasteiger partial charge in [-0.15, -0.1) is 0 Å². The highest BCUT2D eigenvalue weighted by atomic mass is 19.1. The lowest BCUT2D eigenvalue weighted by Crippen LogP contribution is -2.59. The van der Waals surface area contributed by atoms with Gasteiger partial charge in [0.1, 0.15) is 5.82 Å². The molecule has 1 aromatic carbocycles. The van der Waals surface area contributed by atoms with Crippen molar-refractivity contribution in [1.82, 2.24) is 10.2 Å². The fourth-order valence-electron chi connectivity index (χ4n) is 2.28. The first-order chi connectivity index (χ1) is 8.16. The molecule has 0 aliphatic carbocycles. The van der Waals surface area contributed by atoms with Crippen molar-refractivity contribution >= 4 is 0 Å². The minimum atomic E-state index is -0.155. The number of hydrogen-bond acceptors (Lipinski definition) is 2. The second-order valence-corrected chi connectivity index (χ2v) is 5.02. The predicted octanol–water partition coefficient (Wildman–Crippen LogP) is 2.05. The maximum Gasteiger partial charge on any atom is 0.123 e. The van der Waals surface area contributed by atoms with Crippen LogP contribution < -0.4 is 5.32 Å². The number of nitrogens with one attached hydrogen (secondary N) is 1. The zero-order chi connectivity index (χ0) is 12.3. The van der Waals surface area contributed by atoms with Crippen LogP contribution in [-0.4, -0.2) is 36.6 Å². The number of halogens is 1. The molecule has 0 amide bonds. The molecular formula is C14H21FN2. The third kappa shape index (κ3) is 3.27. The van der Waals surface area contributed by atoms with Gasteiger partial charge < -0.3 is 5.32 Å². The molecular weight excluding hydrogens is 215 g/mol. The minimum Gasteiger partial charge on any atom is -0.314 e. The van der Waals surface area contributed by atoms with Crippen LogP contribution in [0.25, 0.3) is 0 Å². The summed E-state index contributed by atoms with van der Waals surface area (Å²) < 4.78 is 12.8. The molecule has 1 aliphatic heterocycles. The van der Waals surface area contributed by atoms with E-state index in [1.165, 1.54) is 5.56 Å². The molecule has 17 heavy (non-hydrogen) atoms. The van der Waals surface area contributed by atoms with Crippen LogP contribution in [0.15, 0.2) is 24.3 Å². The van der Waals surface area contributed by atoms with Crippen LogP contribution in [0, 0.1) is 5.82 Å². The second-order valence-electron chi connectivity index (χ2n) is 5.02. The Kier molecular flexibility index (Phi) is 4.13. The van der Waals surface area contributed by atoms with Crippen LogP contribution in [0.2, 0.25) is 0 Å².